The lowest BCUT2D eigenvalue weighted by Crippen LogP contribution is -2.29. The summed E-state index contributed by atoms with van der Waals surface area (Å²) in [7, 11) is -3.82. The number of halogens is 2. The first-order valence-electron chi connectivity index (χ1n) is 10.5. The smallest absolute Gasteiger partial charge is 0.302 e. The van der Waals surface area contributed by atoms with Crippen LogP contribution in [0.2, 0.25) is 5.02 Å². The van der Waals surface area contributed by atoms with E-state index in [1.807, 2.05) is 19.9 Å². The molecule has 0 saturated heterocycles. The van der Waals surface area contributed by atoms with Gasteiger partial charge < -0.3 is 4.74 Å². The van der Waals surface area contributed by atoms with Gasteiger partial charge in [0.25, 0.3) is 0 Å². The molecule has 4 rings (SSSR count). The van der Waals surface area contributed by atoms with Crippen molar-refractivity contribution in [1.29, 1.82) is 0 Å². The van der Waals surface area contributed by atoms with Crippen molar-refractivity contribution in [3.8, 4) is 11.8 Å². The van der Waals surface area contributed by atoms with Crippen molar-refractivity contribution in [3.63, 3.8) is 0 Å². The highest BCUT2D eigenvalue weighted by Crippen LogP contribution is 2.29. The molecular weight excluding hydrogens is 465 g/mol. The number of imidazole rings is 1. The van der Waals surface area contributed by atoms with E-state index in [0.29, 0.717) is 35.4 Å². The van der Waals surface area contributed by atoms with Crippen LogP contribution in [0.3, 0.4) is 0 Å². The molecule has 1 aromatic heterocycles. The van der Waals surface area contributed by atoms with Gasteiger partial charge in [0, 0.05) is 17.0 Å². The molecule has 0 spiro atoms. The van der Waals surface area contributed by atoms with Crippen molar-refractivity contribution in [2.24, 2.45) is 0 Å². The highest BCUT2D eigenvalue weighted by molar-refractivity contribution is 7.89. The lowest BCUT2D eigenvalue weighted by molar-refractivity contribution is 0.405. The third kappa shape index (κ3) is 4.88. The summed E-state index contributed by atoms with van der Waals surface area (Å²) in [6, 6.07) is 15.6. The summed E-state index contributed by atoms with van der Waals surface area (Å²) in [5, 5.41) is 2.10. The van der Waals surface area contributed by atoms with Crippen LogP contribution in [0.4, 0.5) is 4.39 Å². The van der Waals surface area contributed by atoms with Crippen LogP contribution < -0.4 is 9.46 Å². The Morgan fingerprint density at radius 2 is 1.88 bits per heavy atom. The van der Waals surface area contributed by atoms with Gasteiger partial charge in [-0.15, -0.1) is 0 Å². The van der Waals surface area contributed by atoms with Crippen LogP contribution in [0.5, 0.6) is 11.8 Å². The second-order valence-electron chi connectivity index (χ2n) is 7.47. The van der Waals surface area contributed by atoms with E-state index in [4.69, 9.17) is 16.3 Å². The fourth-order valence-electron chi connectivity index (χ4n) is 3.65. The first-order valence-corrected chi connectivity index (χ1v) is 12.4. The summed E-state index contributed by atoms with van der Waals surface area (Å²) >= 11 is 6.21. The number of hydrogen-bond acceptors (Lipinski definition) is 4. The van der Waals surface area contributed by atoms with Gasteiger partial charge in [0.2, 0.25) is 10.0 Å². The van der Waals surface area contributed by atoms with Crippen molar-refractivity contribution in [2.45, 2.75) is 37.8 Å². The average molecular weight is 488 g/mol. The minimum absolute atomic E-state index is 0.154. The lowest BCUT2D eigenvalue weighted by Gasteiger charge is -2.19. The molecular formula is C24H23ClFN3O3S. The Balaban J connectivity index is 1.62. The normalized spacial score (nSPS) is 12.7. The lowest BCUT2D eigenvalue weighted by atomic mass is 10.1. The molecule has 33 heavy (non-hydrogen) atoms. The SMILES string of the molecule is CCC(NS(=O)(=O)c1ccc2c(Cl)cccc2c1)c1cnc(Oc2ccc(F)cc2)n1CC. The van der Waals surface area contributed by atoms with Crippen LogP contribution in [0, 0.1) is 5.82 Å². The summed E-state index contributed by atoms with van der Waals surface area (Å²) in [6.07, 6.45) is 2.10. The first-order chi connectivity index (χ1) is 15.8. The van der Waals surface area contributed by atoms with Gasteiger partial charge in [-0.3, -0.25) is 4.57 Å². The zero-order valence-corrected chi connectivity index (χ0v) is 19.7. The minimum atomic E-state index is -3.82. The van der Waals surface area contributed by atoms with Crippen LogP contribution in [0.25, 0.3) is 10.8 Å². The molecule has 1 N–H and O–H groups in total. The Morgan fingerprint density at radius 1 is 1.12 bits per heavy atom. The van der Waals surface area contributed by atoms with Crippen LogP contribution in [0.1, 0.15) is 32.0 Å². The molecule has 0 aliphatic heterocycles. The van der Waals surface area contributed by atoms with E-state index >= 15 is 0 Å². The third-order valence-corrected chi connectivity index (χ3v) is 7.16. The van der Waals surface area contributed by atoms with Gasteiger partial charge in [-0.05, 0) is 61.2 Å². The number of sulfonamides is 1. The van der Waals surface area contributed by atoms with Crippen molar-refractivity contribution in [1.82, 2.24) is 14.3 Å². The standard InChI is InChI=1S/C24H23ClFN3O3S/c1-3-22(23-15-27-24(29(23)4-2)32-18-10-8-17(26)9-11-18)28-33(30,31)19-12-13-20-16(14-19)6-5-7-21(20)25/h5-15,22,28H,3-4H2,1-2H3. The molecule has 1 atom stereocenters. The maximum absolute atomic E-state index is 13.2. The third-order valence-electron chi connectivity index (χ3n) is 5.36. The Labute approximate surface area is 197 Å². The highest BCUT2D eigenvalue weighted by Gasteiger charge is 2.25. The number of fused-ring (bicyclic) bond motifs is 1. The molecule has 0 saturated carbocycles. The van der Waals surface area contributed by atoms with E-state index in [9.17, 15) is 12.8 Å². The van der Waals surface area contributed by atoms with E-state index < -0.39 is 16.1 Å². The second-order valence-corrected chi connectivity index (χ2v) is 9.59. The van der Waals surface area contributed by atoms with E-state index in [1.165, 1.54) is 24.3 Å². The average Bonchev–Trinajstić information content (AvgIpc) is 3.21. The summed E-state index contributed by atoms with van der Waals surface area (Å²) in [5.41, 5.74) is 0.671. The Morgan fingerprint density at radius 3 is 2.58 bits per heavy atom. The molecule has 0 aliphatic rings. The number of nitrogens with zero attached hydrogens (tertiary/aromatic N) is 2. The highest BCUT2D eigenvalue weighted by atomic mass is 35.5. The predicted molar refractivity (Wildman–Crippen MR) is 127 cm³/mol. The van der Waals surface area contributed by atoms with Crippen LogP contribution in [-0.2, 0) is 16.6 Å². The molecule has 0 amide bonds. The van der Waals surface area contributed by atoms with Gasteiger partial charge in [0.1, 0.15) is 11.6 Å². The van der Waals surface area contributed by atoms with Gasteiger partial charge in [-0.1, -0.05) is 36.7 Å². The predicted octanol–water partition coefficient (Wildman–Crippen LogP) is 6.07. The van der Waals surface area contributed by atoms with Gasteiger partial charge in [0.15, 0.2) is 0 Å². The number of ether oxygens (including phenoxy) is 1. The number of rotatable bonds is 8. The molecule has 172 valence electrons. The van der Waals surface area contributed by atoms with Crippen LogP contribution in [0.15, 0.2) is 71.8 Å². The summed E-state index contributed by atoms with van der Waals surface area (Å²) in [6.45, 7) is 4.32. The van der Waals surface area contributed by atoms with Crippen LogP contribution in [-0.4, -0.2) is 18.0 Å². The Hall–Kier alpha value is -2.94. The fourth-order valence-corrected chi connectivity index (χ4v) is 5.23. The molecule has 9 heteroatoms. The van der Waals surface area contributed by atoms with E-state index in [-0.39, 0.29) is 10.7 Å². The first kappa shape index (κ1) is 23.2. The quantitative estimate of drug-likeness (QED) is 0.327. The van der Waals surface area contributed by atoms with Crippen molar-refractivity contribution in [2.75, 3.05) is 0 Å². The molecule has 1 heterocycles. The number of benzene rings is 3. The topological polar surface area (TPSA) is 73.2 Å². The Kier molecular flexibility index (Phi) is 6.69. The summed E-state index contributed by atoms with van der Waals surface area (Å²) in [5.74, 6) is 0.0741. The monoisotopic (exact) mass is 487 g/mol. The molecule has 4 aromatic rings. The largest absolute Gasteiger partial charge is 0.426 e. The molecule has 0 fully saturated rings. The molecule has 0 radical (unpaired) electrons. The number of nitrogens with one attached hydrogen (secondary N) is 1. The van der Waals surface area contributed by atoms with Gasteiger partial charge in [-0.25, -0.2) is 22.5 Å². The summed E-state index contributed by atoms with van der Waals surface area (Å²) < 4.78 is 49.9. The number of aromatic nitrogens is 2. The van der Waals surface area contributed by atoms with Gasteiger partial charge in [-0.2, -0.15) is 0 Å². The zero-order chi connectivity index (χ0) is 23.6. The molecule has 3 aromatic carbocycles. The molecule has 0 bridgehead atoms. The summed E-state index contributed by atoms with van der Waals surface area (Å²) in [4.78, 5) is 4.48. The fraction of sp³-hybridized carbons (Fsp3) is 0.208. The van der Waals surface area contributed by atoms with Gasteiger partial charge in [0.05, 0.1) is 22.8 Å². The molecule has 1 unspecified atom stereocenters. The maximum atomic E-state index is 13.2. The Bertz CT molecular complexity index is 1390. The van der Waals surface area contributed by atoms with Crippen molar-refractivity contribution < 1.29 is 17.5 Å². The maximum Gasteiger partial charge on any atom is 0.302 e. The second kappa shape index (κ2) is 9.51. The van der Waals surface area contributed by atoms with Crippen molar-refractivity contribution >= 4 is 32.4 Å². The van der Waals surface area contributed by atoms with E-state index in [1.54, 1.807) is 41.1 Å². The van der Waals surface area contributed by atoms with Crippen molar-refractivity contribution in [3.05, 3.63) is 83.4 Å². The van der Waals surface area contributed by atoms with E-state index in [0.717, 1.165) is 10.8 Å². The molecule has 0 aliphatic carbocycles. The zero-order valence-electron chi connectivity index (χ0n) is 18.1. The molecule has 6 nitrogen and oxygen atoms in total. The van der Waals surface area contributed by atoms with Crippen LogP contribution >= 0.6 is 11.6 Å². The number of hydrogen-bond donors (Lipinski definition) is 1. The minimum Gasteiger partial charge on any atom is -0.426 e. The van der Waals surface area contributed by atoms with E-state index in [2.05, 4.69) is 9.71 Å². The van der Waals surface area contributed by atoms with Gasteiger partial charge >= 0.3 is 6.01 Å².